The molecule has 0 heterocycles. The molecule has 0 rings (SSSR count). The molecule has 0 aliphatic rings. The second-order valence-corrected chi connectivity index (χ2v) is 1.85. The van der Waals surface area contributed by atoms with Crippen molar-refractivity contribution in [3.63, 3.8) is 0 Å². The van der Waals surface area contributed by atoms with Crippen molar-refractivity contribution in [3.05, 3.63) is 12.7 Å². The minimum Gasteiger partial charge on any atom is -0.411 e. The highest BCUT2D eigenvalue weighted by molar-refractivity contribution is 6.29. The second kappa shape index (κ2) is 6.01. The number of oxime groups is 1. The van der Waals surface area contributed by atoms with Crippen LogP contribution < -0.4 is 0 Å². The third kappa shape index (κ3) is 5.03. The standard InChI is InChI=1S/C7H12N2O/c1-3-4-5-8-7(2)6-9-10/h3,6,10H,1,4-5H2,2H3/b8-7+,9-6+. The van der Waals surface area contributed by atoms with Gasteiger partial charge in [-0.2, -0.15) is 0 Å². The minimum absolute atomic E-state index is 0.710. The summed E-state index contributed by atoms with van der Waals surface area (Å²) in [5, 5.41) is 10.9. The maximum absolute atomic E-state index is 8.06. The maximum atomic E-state index is 8.06. The summed E-state index contributed by atoms with van der Waals surface area (Å²) in [6, 6.07) is 0. The fourth-order valence-corrected chi connectivity index (χ4v) is 0.457. The molecule has 0 unspecified atom stereocenters. The first-order valence-electron chi connectivity index (χ1n) is 3.10. The van der Waals surface area contributed by atoms with Gasteiger partial charge in [-0.3, -0.25) is 4.99 Å². The fourth-order valence-electron chi connectivity index (χ4n) is 0.457. The molecule has 10 heavy (non-hydrogen) atoms. The Morgan fingerprint density at radius 3 is 2.90 bits per heavy atom. The van der Waals surface area contributed by atoms with Crippen LogP contribution in [-0.4, -0.2) is 23.7 Å². The summed E-state index contributed by atoms with van der Waals surface area (Å²) in [4.78, 5) is 4.04. The van der Waals surface area contributed by atoms with Crippen molar-refractivity contribution in [2.24, 2.45) is 10.1 Å². The first-order chi connectivity index (χ1) is 4.81. The van der Waals surface area contributed by atoms with Crippen LogP contribution in [0.2, 0.25) is 0 Å². The van der Waals surface area contributed by atoms with E-state index in [9.17, 15) is 0 Å². The first kappa shape index (κ1) is 8.88. The van der Waals surface area contributed by atoms with E-state index in [1.54, 1.807) is 13.0 Å². The third-order valence-corrected chi connectivity index (χ3v) is 0.939. The van der Waals surface area contributed by atoms with Crippen molar-refractivity contribution in [2.45, 2.75) is 13.3 Å². The molecule has 0 saturated heterocycles. The van der Waals surface area contributed by atoms with E-state index in [1.165, 1.54) is 6.21 Å². The van der Waals surface area contributed by atoms with E-state index in [0.717, 1.165) is 12.1 Å². The summed E-state index contributed by atoms with van der Waals surface area (Å²) in [5.74, 6) is 0. The van der Waals surface area contributed by atoms with E-state index in [4.69, 9.17) is 5.21 Å². The van der Waals surface area contributed by atoms with Gasteiger partial charge in [-0.05, 0) is 13.3 Å². The molecular weight excluding hydrogens is 128 g/mol. The average molecular weight is 140 g/mol. The van der Waals surface area contributed by atoms with Crippen LogP contribution in [0.4, 0.5) is 0 Å². The fraction of sp³-hybridized carbons (Fsp3) is 0.429. The van der Waals surface area contributed by atoms with Crippen LogP contribution in [0.5, 0.6) is 0 Å². The summed E-state index contributed by atoms with van der Waals surface area (Å²) in [6.45, 7) is 6.04. The molecule has 0 aliphatic heterocycles. The van der Waals surface area contributed by atoms with Gasteiger partial charge in [0.2, 0.25) is 0 Å². The Balaban J connectivity index is 3.57. The largest absolute Gasteiger partial charge is 0.411 e. The molecule has 0 fully saturated rings. The SMILES string of the molecule is C=CCC/N=C(C)/C=N/O. The van der Waals surface area contributed by atoms with E-state index in [1.807, 2.05) is 0 Å². The van der Waals surface area contributed by atoms with E-state index in [0.29, 0.717) is 6.54 Å². The highest BCUT2D eigenvalue weighted by Gasteiger charge is 1.81. The Morgan fingerprint density at radius 1 is 1.70 bits per heavy atom. The number of hydrogen-bond donors (Lipinski definition) is 1. The summed E-state index contributed by atoms with van der Waals surface area (Å²) in [6.07, 6.45) is 3.96. The zero-order valence-electron chi connectivity index (χ0n) is 6.12. The third-order valence-electron chi connectivity index (χ3n) is 0.939. The Hall–Kier alpha value is -1.12. The monoisotopic (exact) mass is 140 g/mol. The topological polar surface area (TPSA) is 45.0 Å². The highest BCUT2D eigenvalue weighted by Crippen LogP contribution is 1.82. The van der Waals surface area contributed by atoms with Crippen LogP contribution in [-0.2, 0) is 0 Å². The predicted octanol–water partition coefficient (Wildman–Crippen LogP) is 1.48. The lowest BCUT2D eigenvalue weighted by Gasteiger charge is -1.88. The van der Waals surface area contributed by atoms with E-state index >= 15 is 0 Å². The van der Waals surface area contributed by atoms with Crippen molar-refractivity contribution in [2.75, 3.05) is 6.54 Å². The van der Waals surface area contributed by atoms with Crippen molar-refractivity contribution < 1.29 is 5.21 Å². The summed E-state index contributed by atoms with van der Waals surface area (Å²) in [5.41, 5.74) is 0.726. The highest BCUT2D eigenvalue weighted by atomic mass is 16.4. The molecule has 0 amide bonds. The van der Waals surface area contributed by atoms with Crippen LogP contribution >= 0.6 is 0 Å². The quantitative estimate of drug-likeness (QED) is 0.208. The molecule has 0 saturated carbocycles. The lowest BCUT2D eigenvalue weighted by molar-refractivity contribution is 0.322. The van der Waals surface area contributed by atoms with Gasteiger partial charge in [0.1, 0.15) is 0 Å². The minimum atomic E-state index is 0.710. The lowest BCUT2D eigenvalue weighted by atomic mass is 10.4. The average Bonchev–Trinajstić information content (AvgIpc) is 1.89. The van der Waals surface area contributed by atoms with Crippen LogP contribution in [0.15, 0.2) is 22.8 Å². The maximum Gasteiger partial charge on any atom is 0.0868 e. The number of rotatable bonds is 4. The molecule has 0 spiro atoms. The van der Waals surface area contributed by atoms with Crippen molar-refractivity contribution >= 4 is 11.9 Å². The van der Waals surface area contributed by atoms with E-state index in [-0.39, 0.29) is 0 Å². The Bertz CT molecular complexity index is 150. The van der Waals surface area contributed by atoms with Crippen molar-refractivity contribution in [1.82, 2.24) is 0 Å². The molecular formula is C7H12N2O. The first-order valence-corrected chi connectivity index (χ1v) is 3.10. The molecule has 3 nitrogen and oxygen atoms in total. The number of nitrogens with zero attached hydrogens (tertiary/aromatic N) is 2. The summed E-state index contributed by atoms with van der Waals surface area (Å²) < 4.78 is 0. The van der Waals surface area contributed by atoms with Crippen LogP contribution in [0.25, 0.3) is 0 Å². The van der Waals surface area contributed by atoms with E-state index in [2.05, 4.69) is 16.7 Å². The molecule has 1 N–H and O–H groups in total. The van der Waals surface area contributed by atoms with Gasteiger partial charge in [0.15, 0.2) is 0 Å². The predicted molar refractivity (Wildman–Crippen MR) is 43.1 cm³/mol. The van der Waals surface area contributed by atoms with Gasteiger partial charge in [-0.15, -0.1) is 6.58 Å². The summed E-state index contributed by atoms with van der Waals surface area (Å²) in [7, 11) is 0. The van der Waals surface area contributed by atoms with Gasteiger partial charge in [0.25, 0.3) is 0 Å². The van der Waals surface area contributed by atoms with Gasteiger partial charge in [-0.1, -0.05) is 11.2 Å². The molecule has 0 aromatic rings. The second-order valence-electron chi connectivity index (χ2n) is 1.85. The van der Waals surface area contributed by atoms with Gasteiger partial charge >= 0.3 is 0 Å². The molecule has 0 bridgehead atoms. The summed E-state index contributed by atoms with van der Waals surface area (Å²) >= 11 is 0. The van der Waals surface area contributed by atoms with Gasteiger partial charge in [0, 0.05) is 6.54 Å². The number of hydrogen-bond acceptors (Lipinski definition) is 3. The van der Waals surface area contributed by atoms with Crippen LogP contribution in [0.3, 0.4) is 0 Å². The smallest absolute Gasteiger partial charge is 0.0868 e. The zero-order chi connectivity index (χ0) is 7.82. The zero-order valence-corrected chi connectivity index (χ0v) is 6.12. The van der Waals surface area contributed by atoms with Crippen LogP contribution in [0, 0.1) is 0 Å². The van der Waals surface area contributed by atoms with E-state index < -0.39 is 0 Å². The normalized spacial score (nSPS) is 12.3. The molecule has 0 aromatic heterocycles. The Morgan fingerprint density at radius 2 is 2.40 bits per heavy atom. The van der Waals surface area contributed by atoms with Crippen molar-refractivity contribution in [3.8, 4) is 0 Å². The van der Waals surface area contributed by atoms with Gasteiger partial charge < -0.3 is 5.21 Å². The molecule has 56 valence electrons. The van der Waals surface area contributed by atoms with Gasteiger partial charge in [-0.25, -0.2) is 0 Å². The molecule has 3 heteroatoms. The Labute approximate surface area is 60.8 Å². The molecule has 0 radical (unpaired) electrons. The Kier molecular flexibility index (Phi) is 5.33. The number of aliphatic imine (C=N–C) groups is 1. The molecule has 0 atom stereocenters. The van der Waals surface area contributed by atoms with Crippen molar-refractivity contribution in [1.29, 1.82) is 0 Å². The van der Waals surface area contributed by atoms with Gasteiger partial charge in [0.05, 0.1) is 11.9 Å². The molecule has 0 aliphatic carbocycles. The lowest BCUT2D eigenvalue weighted by Crippen LogP contribution is -1.93. The molecule has 0 aromatic carbocycles. The van der Waals surface area contributed by atoms with Crippen LogP contribution in [0.1, 0.15) is 13.3 Å².